The lowest BCUT2D eigenvalue weighted by Crippen LogP contribution is -2.66. The Hall–Kier alpha value is 0.0569. The summed E-state index contributed by atoms with van der Waals surface area (Å²) >= 11 is 0. The lowest BCUT2D eigenvalue weighted by atomic mass is 10.4. The predicted octanol–water partition coefficient (Wildman–Crippen LogP) is 0.402. The first kappa shape index (κ1) is 12.1. The first-order valence-corrected chi connectivity index (χ1v) is 5.56. The summed E-state index contributed by atoms with van der Waals surface area (Å²) in [5.74, 6) is 0. The quantitative estimate of drug-likeness (QED) is 0.642. The van der Waals surface area contributed by atoms with Crippen molar-refractivity contribution in [2.75, 3.05) is 28.4 Å². The van der Waals surface area contributed by atoms with E-state index in [9.17, 15) is 0 Å². The second kappa shape index (κ2) is 4.34. The van der Waals surface area contributed by atoms with E-state index in [-0.39, 0.29) is 5.16 Å². The summed E-state index contributed by atoms with van der Waals surface area (Å²) in [6, 6.07) is 0. The van der Waals surface area contributed by atoms with E-state index < -0.39 is 8.80 Å². The van der Waals surface area contributed by atoms with Crippen molar-refractivity contribution < 1.29 is 13.3 Å². The molecule has 0 radical (unpaired) electrons. The second-order valence-corrected chi connectivity index (χ2v) is 6.63. The monoisotopic (exact) mass is 193 g/mol. The molecule has 0 aromatic carbocycles. The van der Waals surface area contributed by atoms with Crippen LogP contribution in [0.2, 0.25) is 0 Å². The van der Waals surface area contributed by atoms with Crippen LogP contribution in [0.15, 0.2) is 0 Å². The average molecular weight is 193 g/mol. The van der Waals surface area contributed by atoms with Gasteiger partial charge in [0.1, 0.15) is 0 Å². The molecule has 0 aliphatic rings. The van der Waals surface area contributed by atoms with E-state index in [1.54, 1.807) is 21.3 Å². The molecule has 0 spiro atoms. The Labute approximate surface area is 75.6 Å². The van der Waals surface area contributed by atoms with Crippen molar-refractivity contribution in [1.29, 1.82) is 0 Å². The van der Waals surface area contributed by atoms with Crippen molar-refractivity contribution >= 4 is 8.80 Å². The van der Waals surface area contributed by atoms with Gasteiger partial charge in [0, 0.05) is 21.3 Å². The second-order valence-electron chi connectivity index (χ2n) is 3.04. The largest absolute Gasteiger partial charge is 0.520 e. The van der Waals surface area contributed by atoms with Crippen LogP contribution >= 0.6 is 0 Å². The third kappa shape index (κ3) is 1.86. The number of hydrogen-bond acceptors (Lipinski definition) is 4. The maximum Gasteiger partial charge on any atom is 0.520 e. The smallest absolute Gasteiger partial charge is 0.376 e. The molecular formula is C7H19NO3Si. The first-order chi connectivity index (χ1) is 5.49. The molecule has 4 nitrogen and oxygen atoms in total. The van der Waals surface area contributed by atoms with Crippen molar-refractivity contribution in [2.45, 2.75) is 19.0 Å². The van der Waals surface area contributed by atoms with Crippen LogP contribution in [0.1, 0.15) is 13.8 Å². The SMILES string of the molecule is CNC(C)(C)[Si](OC)(OC)OC. The standard InChI is InChI=1S/C7H19NO3Si/c1-7(2,8-3)12(9-4,10-5)11-6/h8H,1-6H3. The summed E-state index contributed by atoms with van der Waals surface area (Å²) in [7, 11) is 4.13. The van der Waals surface area contributed by atoms with Crippen LogP contribution in [-0.2, 0) is 13.3 Å². The third-order valence-corrected chi connectivity index (χ3v) is 5.59. The van der Waals surface area contributed by atoms with Crippen LogP contribution in [0.4, 0.5) is 0 Å². The molecule has 12 heavy (non-hydrogen) atoms. The average Bonchev–Trinajstić information content (AvgIpc) is 2.08. The van der Waals surface area contributed by atoms with Crippen molar-refractivity contribution in [2.24, 2.45) is 0 Å². The molecule has 1 N–H and O–H groups in total. The van der Waals surface area contributed by atoms with E-state index in [1.807, 2.05) is 20.9 Å². The lowest BCUT2D eigenvalue weighted by Gasteiger charge is -2.38. The molecule has 0 aliphatic heterocycles. The highest BCUT2D eigenvalue weighted by molar-refractivity contribution is 6.64. The van der Waals surface area contributed by atoms with Gasteiger partial charge in [-0.25, -0.2) is 0 Å². The van der Waals surface area contributed by atoms with Crippen molar-refractivity contribution in [3.8, 4) is 0 Å². The Morgan fingerprint density at radius 1 is 1.00 bits per heavy atom. The van der Waals surface area contributed by atoms with Gasteiger partial charge in [0.25, 0.3) is 0 Å². The zero-order valence-electron chi connectivity index (χ0n) is 8.72. The molecule has 74 valence electrons. The molecule has 0 amide bonds. The van der Waals surface area contributed by atoms with Crippen LogP contribution in [0.3, 0.4) is 0 Å². The summed E-state index contributed by atoms with van der Waals surface area (Å²) in [5, 5.41) is 2.85. The molecule has 0 aromatic heterocycles. The van der Waals surface area contributed by atoms with Gasteiger partial charge in [-0.2, -0.15) is 0 Å². The summed E-state index contributed by atoms with van der Waals surface area (Å²) in [6.07, 6.45) is 0. The molecule has 0 aliphatic carbocycles. The van der Waals surface area contributed by atoms with E-state index >= 15 is 0 Å². The predicted molar refractivity (Wildman–Crippen MR) is 49.9 cm³/mol. The Morgan fingerprint density at radius 2 is 1.33 bits per heavy atom. The molecular weight excluding hydrogens is 174 g/mol. The van der Waals surface area contributed by atoms with Crippen LogP contribution in [0.25, 0.3) is 0 Å². The molecule has 0 atom stereocenters. The zero-order chi connectivity index (χ0) is 9.83. The minimum atomic E-state index is -2.56. The van der Waals surface area contributed by atoms with Gasteiger partial charge in [0.2, 0.25) is 0 Å². The van der Waals surface area contributed by atoms with Gasteiger partial charge in [-0.15, -0.1) is 0 Å². The van der Waals surface area contributed by atoms with E-state index in [0.29, 0.717) is 0 Å². The van der Waals surface area contributed by atoms with Gasteiger partial charge in [-0.3, -0.25) is 0 Å². The van der Waals surface area contributed by atoms with E-state index in [1.165, 1.54) is 0 Å². The fourth-order valence-electron chi connectivity index (χ4n) is 1.17. The maximum atomic E-state index is 5.32. The van der Waals surface area contributed by atoms with Gasteiger partial charge in [0.05, 0.1) is 5.16 Å². The normalized spacial score (nSPS) is 13.5. The molecule has 0 saturated carbocycles. The summed E-state index contributed by atoms with van der Waals surface area (Å²) in [5.41, 5.74) is 0. The minimum Gasteiger partial charge on any atom is -0.376 e. The summed E-state index contributed by atoms with van der Waals surface area (Å²) in [6.45, 7) is 3.99. The molecule has 0 fully saturated rings. The number of nitrogens with one attached hydrogen (secondary N) is 1. The lowest BCUT2D eigenvalue weighted by molar-refractivity contribution is 0.0916. The van der Waals surface area contributed by atoms with Crippen LogP contribution in [0.5, 0.6) is 0 Å². The summed E-state index contributed by atoms with van der Waals surface area (Å²) in [4.78, 5) is 0. The zero-order valence-corrected chi connectivity index (χ0v) is 9.72. The number of hydrogen-bond donors (Lipinski definition) is 1. The van der Waals surface area contributed by atoms with Gasteiger partial charge >= 0.3 is 8.80 Å². The molecule has 0 unspecified atom stereocenters. The molecule has 5 heteroatoms. The minimum absolute atomic E-state index is 0.273. The van der Waals surface area contributed by atoms with E-state index in [0.717, 1.165) is 0 Å². The van der Waals surface area contributed by atoms with Crippen LogP contribution in [-0.4, -0.2) is 42.3 Å². The Balaban J connectivity index is 4.69. The highest BCUT2D eigenvalue weighted by Crippen LogP contribution is 2.21. The van der Waals surface area contributed by atoms with E-state index in [2.05, 4.69) is 5.32 Å². The van der Waals surface area contributed by atoms with Crippen LogP contribution in [0, 0.1) is 0 Å². The van der Waals surface area contributed by atoms with Gasteiger partial charge in [-0.05, 0) is 20.9 Å². The van der Waals surface area contributed by atoms with Crippen LogP contribution < -0.4 is 5.32 Å². The maximum absolute atomic E-state index is 5.32. The van der Waals surface area contributed by atoms with Gasteiger partial charge in [0.15, 0.2) is 0 Å². The highest BCUT2D eigenvalue weighted by atomic mass is 28.4. The molecule has 0 aromatic rings. The first-order valence-electron chi connectivity index (χ1n) is 3.84. The van der Waals surface area contributed by atoms with Crippen molar-refractivity contribution in [3.63, 3.8) is 0 Å². The van der Waals surface area contributed by atoms with Gasteiger partial charge < -0.3 is 18.6 Å². The van der Waals surface area contributed by atoms with Gasteiger partial charge in [-0.1, -0.05) is 0 Å². The highest BCUT2D eigenvalue weighted by Gasteiger charge is 2.53. The third-order valence-electron chi connectivity index (χ3n) is 2.20. The Kier molecular flexibility index (Phi) is 4.36. The summed E-state index contributed by atoms with van der Waals surface area (Å²) < 4.78 is 16.0. The Bertz CT molecular complexity index is 128. The molecule has 0 bridgehead atoms. The number of rotatable bonds is 5. The fourth-order valence-corrected chi connectivity index (χ4v) is 3.51. The Morgan fingerprint density at radius 3 is 1.42 bits per heavy atom. The van der Waals surface area contributed by atoms with E-state index in [4.69, 9.17) is 13.3 Å². The van der Waals surface area contributed by atoms with Crippen molar-refractivity contribution in [3.05, 3.63) is 0 Å². The molecule has 0 heterocycles. The topological polar surface area (TPSA) is 39.7 Å². The van der Waals surface area contributed by atoms with Crippen molar-refractivity contribution in [1.82, 2.24) is 5.32 Å². The molecule has 0 saturated heterocycles. The molecule has 0 rings (SSSR count). The fraction of sp³-hybridized carbons (Fsp3) is 1.00.